The number of esters is 1. The summed E-state index contributed by atoms with van der Waals surface area (Å²) in [5, 5.41) is 19.9. The number of aliphatic hydroxyl groups excluding tert-OH is 1. The molecule has 0 aliphatic rings. The summed E-state index contributed by atoms with van der Waals surface area (Å²) in [6.07, 6.45) is 1.09. The van der Waals surface area contributed by atoms with E-state index < -0.39 is 12.2 Å². The molecule has 0 spiro atoms. The number of ether oxygens (including phenoxy) is 2. The molecule has 1 unspecified atom stereocenters. The highest BCUT2D eigenvalue weighted by Gasteiger charge is 2.22. The number of aryl methyl sites for hydroxylation is 2. The van der Waals surface area contributed by atoms with Crippen LogP contribution in [0.3, 0.4) is 0 Å². The molecule has 0 amide bonds. The van der Waals surface area contributed by atoms with Gasteiger partial charge in [-0.05, 0) is 54.8 Å². The summed E-state index contributed by atoms with van der Waals surface area (Å²) in [6, 6.07) is 11.0. The third-order valence-corrected chi connectivity index (χ3v) is 4.30. The maximum Gasteiger partial charge on any atom is 0.304 e. The molecule has 5 N–H and O–H groups in total. The van der Waals surface area contributed by atoms with Crippen molar-refractivity contribution >= 4 is 17.5 Å². The second-order valence-electron chi connectivity index (χ2n) is 6.78. The Balaban J connectivity index is 2.45. The summed E-state index contributed by atoms with van der Waals surface area (Å²) in [5.41, 5.74) is 9.52. The van der Waals surface area contributed by atoms with Gasteiger partial charge in [0.1, 0.15) is 18.2 Å². The lowest BCUT2D eigenvalue weighted by Crippen LogP contribution is -2.20. The van der Waals surface area contributed by atoms with Gasteiger partial charge in [-0.15, -0.1) is 0 Å². The van der Waals surface area contributed by atoms with Crippen molar-refractivity contribution in [1.29, 1.82) is 5.41 Å². The van der Waals surface area contributed by atoms with Crippen LogP contribution in [0.1, 0.15) is 48.8 Å². The summed E-state index contributed by atoms with van der Waals surface area (Å²) in [6.45, 7) is 5.41. The fourth-order valence-corrected chi connectivity index (χ4v) is 3.08. The number of carbonyl (C=O) groups is 1. The first-order valence-corrected chi connectivity index (χ1v) is 9.61. The van der Waals surface area contributed by atoms with Crippen LogP contribution in [0.2, 0.25) is 0 Å². The van der Waals surface area contributed by atoms with Crippen molar-refractivity contribution in [2.45, 2.75) is 39.8 Å². The molecule has 2 aromatic carbocycles. The zero-order valence-corrected chi connectivity index (χ0v) is 17.1. The second kappa shape index (κ2) is 10.5. The highest BCUT2D eigenvalue weighted by atomic mass is 16.6. The fraction of sp³-hybridized carbons (Fsp3) is 0.364. The number of aliphatic hydroxyl groups is 1. The van der Waals surface area contributed by atoms with Gasteiger partial charge in [0.2, 0.25) is 6.23 Å². The number of benzene rings is 2. The van der Waals surface area contributed by atoms with Gasteiger partial charge in [-0.2, -0.15) is 0 Å². The van der Waals surface area contributed by atoms with Crippen molar-refractivity contribution in [3.8, 4) is 5.75 Å². The quantitative estimate of drug-likeness (QED) is 0.211. The van der Waals surface area contributed by atoms with Crippen LogP contribution < -0.4 is 15.8 Å². The third kappa shape index (κ3) is 6.22. The van der Waals surface area contributed by atoms with E-state index in [0.29, 0.717) is 22.6 Å². The van der Waals surface area contributed by atoms with E-state index in [2.05, 4.69) is 12.2 Å². The van der Waals surface area contributed by atoms with Gasteiger partial charge in [0, 0.05) is 18.2 Å². The Labute approximate surface area is 171 Å². The lowest BCUT2D eigenvalue weighted by Gasteiger charge is -2.24. The largest absolute Gasteiger partial charge is 0.490 e. The van der Waals surface area contributed by atoms with E-state index in [9.17, 15) is 9.90 Å². The average Bonchev–Trinajstić information content (AvgIpc) is 2.66. The molecule has 0 saturated heterocycles. The third-order valence-electron chi connectivity index (χ3n) is 4.30. The Morgan fingerprint density at radius 2 is 1.97 bits per heavy atom. The number of nitrogen functional groups attached to an aromatic ring is 1. The molecule has 0 fully saturated rings. The van der Waals surface area contributed by atoms with E-state index in [0.717, 1.165) is 24.0 Å². The molecule has 7 heteroatoms. The molecule has 0 aromatic heterocycles. The first kappa shape index (κ1) is 22.2. The summed E-state index contributed by atoms with van der Waals surface area (Å²) < 4.78 is 11.3. The zero-order chi connectivity index (χ0) is 21.4. The maximum absolute atomic E-state index is 11.8. The number of carbonyl (C=O) groups excluding carboxylic acids is 1. The molecule has 0 heterocycles. The number of anilines is 1. The number of hydrogen-bond acceptors (Lipinski definition) is 6. The SMILES string of the molecule is CCCc1cc(C)c(OCCO)c(C(Nc2ccc(C(=N)N)cc2)OC(C)=O)c1. The van der Waals surface area contributed by atoms with Crippen LogP contribution in [-0.4, -0.2) is 30.1 Å². The van der Waals surface area contributed by atoms with Crippen molar-refractivity contribution in [2.24, 2.45) is 5.73 Å². The number of amidine groups is 1. The monoisotopic (exact) mass is 399 g/mol. The van der Waals surface area contributed by atoms with E-state index in [1.165, 1.54) is 6.92 Å². The average molecular weight is 399 g/mol. The van der Waals surface area contributed by atoms with Crippen molar-refractivity contribution in [2.75, 3.05) is 18.5 Å². The minimum Gasteiger partial charge on any atom is -0.490 e. The van der Waals surface area contributed by atoms with Gasteiger partial charge < -0.3 is 25.6 Å². The molecule has 2 aromatic rings. The lowest BCUT2D eigenvalue weighted by atomic mass is 10.0. The van der Waals surface area contributed by atoms with Crippen molar-refractivity contribution in [3.05, 3.63) is 58.7 Å². The van der Waals surface area contributed by atoms with Crippen LogP contribution in [-0.2, 0) is 16.0 Å². The Hall–Kier alpha value is -3.06. The van der Waals surface area contributed by atoms with Gasteiger partial charge in [0.05, 0.1) is 12.2 Å². The molecule has 2 rings (SSSR count). The second-order valence-corrected chi connectivity index (χ2v) is 6.78. The Bertz CT molecular complexity index is 850. The minimum absolute atomic E-state index is 0.0179. The van der Waals surface area contributed by atoms with Crippen molar-refractivity contribution in [1.82, 2.24) is 0 Å². The van der Waals surface area contributed by atoms with Crippen LogP contribution >= 0.6 is 0 Å². The fourth-order valence-electron chi connectivity index (χ4n) is 3.08. The highest BCUT2D eigenvalue weighted by Crippen LogP contribution is 2.34. The maximum atomic E-state index is 11.8. The molecule has 7 nitrogen and oxygen atoms in total. The molecular formula is C22H29N3O4. The Morgan fingerprint density at radius 3 is 2.52 bits per heavy atom. The molecule has 0 radical (unpaired) electrons. The van der Waals surface area contributed by atoms with Gasteiger partial charge in [-0.25, -0.2) is 0 Å². The molecule has 0 saturated carbocycles. The number of nitrogens with one attached hydrogen (secondary N) is 2. The summed E-state index contributed by atoms with van der Waals surface area (Å²) in [5.74, 6) is 0.128. The summed E-state index contributed by atoms with van der Waals surface area (Å²) in [7, 11) is 0. The number of hydrogen-bond donors (Lipinski definition) is 4. The van der Waals surface area contributed by atoms with Gasteiger partial charge in [0.15, 0.2) is 0 Å². The topological polar surface area (TPSA) is 118 Å². The van der Waals surface area contributed by atoms with Crippen LogP contribution in [0.4, 0.5) is 5.69 Å². The van der Waals surface area contributed by atoms with Crippen LogP contribution in [0.5, 0.6) is 5.75 Å². The Morgan fingerprint density at radius 1 is 1.28 bits per heavy atom. The molecule has 0 bridgehead atoms. The summed E-state index contributed by atoms with van der Waals surface area (Å²) >= 11 is 0. The first-order chi connectivity index (χ1) is 13.8. The lowest BCUT2D eigenvalue weighted by molar-refractivity contribution is -0.145. The van der Waals surface area contributed by atoms with Gasteiger partial charge in [0.25, 0.3) is 0 Å². The van der Waals surface area contributed by atoms with Crippen molar-refractivity contribution < 1.29 is 19.4 Å². The van der Waals surface area contributed by atoms with Crippen LogP contribution in [0.15, 0.2) is 36.4 Å². The van der Waals surface area contributed by atoms with Gasteiger partial charge >= 0.3 is 5.97 Å². The highest BCUT2D eigenvalue weighted by molar-refractivity contribution is 5.95. The van der Waals surface area contributed by atoms with E-state index in [1.807, 2.05) is 19.1 Å². The van der Waals surface area contributed by atoms with Crippen molar-refractivity contribution in [3.63, 3.8) is 0 Å². The van der Waals surface area contributed by atoms with Crippen LogP contribution in [0.25, 0.3) is 0 Å². The van der Waals surface area contributed by atoms with Gasteiger partial charge in [-0.1, -0.05) is 19.4 Å². The van der Waals surface area contributed by atoms with E-state index in [4.69, 9.17) is 20.6 Å². The smallest absolute Gasteiger partial charge is 0.304 e. The van der Waals surface area contributed by atoms with E-state index >= 15 is 0 Å². The Kier molecular flexibility index (Phi) is 8.03. The standard InChI is InChI=1S/C22H29N3O4/c1-4-5-16-12-14(2)20(28-11-10-26)19(13-16)22(29-15(3)27)25-18-8-6-17(7-9-18)21(23)24/h6-9,12-13,22,25-26H,4-5,10-11H2,1-3H3,(H3,23,24). The molecule has 1 atom stereocenters. The predicted molar refractivity (Wildman–Crippen MR) is 113 cm³/mol. The molecule has 0 aliphatic heterocycles. The zero-order valence-electron chi connectivity index (χ0n) is 17.1. The van der Waals surface area contributed by atoms with E-state index in [-0.39, 0.29) is 19.0 Å². The molecule has 156 valence electrons. The van der Waals surface area contributed by atoms with E-state index in [1.54, 1.807) is 24.3 Å². The molecule has 0 aliphatic carbocycles. The summed E-state index contributed by atoms with van der Waals surface area (Å²) in [4.78, 5) is 11.8. The molecule has 29 heavy (non-hydrogen) atoms. The number of nitrogens with two attached hydrogens (primary N) is 1. The predicted octanol–water partition coefficient (Wildman–Crippen LogP) is 3.28. The minimum atomic E-state index is -0.778. The normalized spacial score (nSPS) is 11.6. The molecular weight excluding hydrogens is 370 g/mol. The first-order valence-electron chi connectivity index (χ1n) is 9.61. The number of rotatable bonds is 10. The van der Waals surface area contributed by atoms with Crippen LogP contribution in [0, 0.1) is 12.3 Å². The van der Waals surface area contributed by atoms with Gasteiger partial charge in [-0.3, -0.25) is 10.2 Å².